The molecule has 0 aromatic heterocycles. The van der Waals surface area contributed by atoms with Gasteiger partial charge in [0, 0.05) is 11.6 Å². The minimum absolute atomic E-state index is 0.0608. The van der Waals surface area contributed by atoms with Gasteiger partial charge in [0.05, 0.1) is 0 Å². The highest BCUT2D eigenvalue weighted by molar-refractivity contribution is 7.51. The van der Waals surface area contributed by atoms with Gasteiger partial charge in [-0.05, 0) is 20.8 Å². The minimum Gasteiger partial charge on any atom is -0.324 e. The Morgan fingerprint density at radius 3 is 1.93 bits per heavy atom. The maximum absolute atomic E-state index is 9.69. The Kier molecular flexibility index (Phi) is 7.77. The fourth-order valence-corrected chi connectivity index (χ4v) is 0.465. The Balaban J connectivity index is 0. The third-order valence-electron chi connectivity index (χ3n) is 1.37. The van der Waals surface area contributed by atoms with E-state index >= 15 is 0 Å². The van der Waals surface area contributed by atoms with E-state index in [0.717, 1.165) is 0 Å². The summed E-state index contributed by atoms with van der Waals surface area (Å²) in [5, 5.41) is 0. The van der Waals surface area contributed by atoms with Gasteiger partial charge in [-0.2, -0.15) is 0 Å². The van der Waals surface area contributed by atoms with Crippen molar-refractivity contribution < 1.29 is 14.4 Å². The van der Waals surface area contributed by atoms with E-state index in [4.69, 9.17) is 16.2 Å². The van der Waals surface area contributed by atoms with Crippen molar-refractivity contribution in [2.45, 2.75) is 27.7 Å². The second-order valence-electron chi connectivity index (χ2n) is 3.35. The molecule has 0 amide bonds. The van der Waals surface area contributed by atoms with Crippen LogP contribution in [0.5, 0.6) is 0 Å². The minimum atomic E-state index is -3.65. The molecule has 4 heteroatoms. The molecule has 0 atom stereocenters. The summed E-state index contributed by atoms with van der Waals surface area (Å²) in [5.74, 6) is 2.66. The first-order chi connectivity index (χ1) is 6.18. The maximum atomic E-state index is 9.69. The van der Waals surface area contributed by atoms with Crippen LogP contribution in [-0.4, -0.2) is 15.9 Å². The third kappa shape index (κ3) is 14.0. The number of hydrogen-bond donors (Lipinski definition) is 2. The molecule has 0 rings (SSSR count). The molecule has 0 saturated carbocycles. The Morgan fingerprint density at radius 1 is 1.50 bits per heavy atom. The van der Waals surface area contributed by atoms with E-state index in [1.165, 1.54) is 6.92 Å². The summed E-state index contributed by atoms with van der Waals surface area (Å²) >= 11 is 0. The van der Waals surface area contributed by atoms with Crippen molar-refractivity contribution in [3.05, 3.63) is 12.2 Å². The van der Waals surface area contributed by atoms with E-state index in [1.54, 1.807) is 0 Å². The number of allylic oxidation sites excluding steroid dienone is 2. The Labute approximate surface area is 86.4 Å². The summed E-state index contributed by atoms with van der Waals surface area (Å²) < 4.78 is 9.69. The Bertz CT molecular complexity index is 255. The van der Waals surface area contributed by atoms with Crippen LogP contribution in [-0.2, 0) is 4.57 Å². The number of terminal acetylenes is 1. The molecule has 0 saturated heterocycles. The van der Waals surface area contributed by atoms with Gasteiger partial charge in [0.2, 0.25) is 0 Å². The zero-order chi connectivity index (χ0) is 11.8. The van der Waals surface area contributed by atoms with E-state index < -0.39 is 7.60 Å². The van der Waals surface area contributed by atoms with E-state index in [1.807, 2.05) is 32.9 Å². The van der Waals surface area contributed by atoms with Gasteiger partial charge < -0.3 is 9.79 Å². The predicted molar refractivity (Wildman–Crippen MR) is 60.0 cm³/mol. The third-order valence-corrected chi connectivity index (χ3v) is 2.19. The summed E-state index contributed by atoms with van der Waals surface area (Å²) in [4.78, 5) is 15.9. The smallest absolute Gasteiger partial charge is 0.324 e. The second-order valence-corrected chi connectivity index (χ2v) is 5.31. The SMILES string of the molecule is C#CC(C)(C)C=CC.CCP(=O)(O)O. The van der Waals surface area contributed by atoms with Crippen LogP contribution in [0.2, 0.25) is 0 Å². The summed E-state index contributed by atoms with van der Waals surface area (Å²) in [7, 11) is -3.65. The molecule has 0 aliphatic rings. The molecule has 82 valence electrons. The van der Waals surface area contributed by atoms with Crippen molar-refractivity contribution >= 4 is 7.60 Å². The van der Waals surface area contributed by atoms with Crippen LogP contribution >= 0.6 is 7.60 Å². The fourth-order valence-electron chi connectivity index (χ4n) is 0.465. The van der Waals surface area contributed by atoms with Gasteiger partial charge in [-0.1, -0.05) is 25.0 Å². The standard InChI is InChI=1S/C8H12.C2H7O3P/c1-5-7-8(3,4)6-2;1-2-6(3,4)5/h2,5,7H,1,3-4H3;2H2,1H3,(H2,3,4,5). The Hall–Kier alpha value is -0.550. The van der Waals surface area contributed by atoms with Crippen molar-refractivity contribution in [1.29, 1.82) is 0 Å². The molecule has 0 aliphatic heterocycles. The maximum Gasteiger partial charge on any atom is 0.325 e. The van der Waals surface area contributed by atoms with Crippen LogP contribution in [0.15, 0.2) is 12.2 Å². The van der Waals surface area contributed by atoms with E-state index in [2.05, 4.69) is 5.92 Å². The van der Waals surface area contributed by atoms with E-state index in [0.29, 0.717) is 0 Å². The topological polar surface area (TPSA) is 57.5 Å². The van der Waals surface area contributed by atoms with Gasteiger partial charge in [-0.3, -0.25) is 4.57 Å². The molecule has 2 N–H and O–H groups in total. The van der Waals surface area contributed by atoms with Gasteiger partial charge in [0.25, 0.3) is 0 Å². The van der Waals surface area contributed by atoms with Crippen molar-refractivity contribution in [1.82, 2.24) is 0 Å². The molecular formula is C10H19O3P. The zero-order valence-electron chi connectivity index (χ0n) is 9.19. The van der Waals surface area contributed by atoms with Crippen LogP contribution in [0.1, 0.15) is 27.7 Å². The van der Waals surface area contributed by atoms with E-state index in [-0.39, 0.29) is 11.6 Å². The van der Waals surface area contributed by atoms with Crippen LogP contribution < -0.4 is 0 Å². The molecule has 3 nitrogen and oxygen atoms in total. The predicted octanol–water partition coefficient (Wildman–Crippen LogP) is 2.41. The molecule has 0 aliphatic carbocycles. The van der Waals surface area contributed by atoms with Crippen LogP contribution in [0, 0.1) is 17.8 Å². The molecule has 0 heterocycles. The molecule has 0 unspecified atom stereocenters. The highest BCUT2D eigenvalue weighted by Gasteiger charge is 2.06. The van der Waals surface area contributed by atoms with Crippen LogP contribution in [0.25, 0.3) is 0 Å². The first kappa shape index (κ1) is 15.9. The first-order valence-corrected chi connectivity index (χ1v) is 6.14. The van der Waals surface area contributed by atoms with Crippen molar-refractivity contribution in [2.75, 3.05) is 6.16 Å². The first-order valence-electron chi connectivity index (χ1n) is 4.34. The fraction of sp³-hybridized carbons (Fsp3) is 0.600. The summed E-state index contributed by atoms with van der Waals surface area (Å²) in [6, 6.07) is 0. The number of rotatable bonds is 2. The molecule has 14 heavy (non-hydrogen) atoms. The normalized spacial score (nSPS) is 11.8. The number of hydrogen-bond acceptors (Lipinski definition) is 1. The zero-order valence-corrected chi connectivity index (χ0v) is 10.1. The monoisotopic (exact) mass is 218 g/mol. The second kappa shape index (κ2) is 6.84. The Morgan fingerprint density at radius 2 is 1.86 bits per heavy atom. The average Bonchev–Trinajstić information content (AvgIpc) is 2.04. The quantitative estimate of drug-likeness (QED) is 0.425. The molecule has 0 aromatic carbocycles. The van der Waals surface area contributed by atoms with Crippen molar-refractivity contribution in [3.63, 3.8) is 0 Å². The average molecular weight is 218 g/mol. The lowest BCUT2D eigenvalue weighted by Crippen LogP contribution is -2.01. The molecule has 0 bridgehead atoms. The van der Waals surface area contributed by atoms with Crippen molar-refractivity contribution in [2.24, 2.45) is 5.41 Å². The van der Waals surface area contributed by atoms with Gasteiger partial charge in [-0.25, -0.2) is 0 Å². The van der Waals surface area contributed by atoms with Gasteiger partial charge in [-0.15, -0.1) is 6.42 Å². The van der Waals surface area contributed by atoms with Gasteiger partial charge in [0.1, 0.15) is 0 Å². The lowest BCUT2D eigenvalue weighted by Gasteiger charge is -2.08. The van der Waals surface area contributed by atoms with E-state index in [9.17, 15) is 4.57 Å². The molecule has 0 spiro atoms. The summed E-state index contributed by atoms with van der Waals surface area (Å²) in [6.45, 7) is 7.43. The molecule has 0 aromatic rings. The lowest BCUT2D eigenvalue weighted by atomic mass is 9.95. The highest BCUT2D eigenvalue weighted by Crippen LogP contribution is 2.32. The van der Waals surface area contributed by atoms with Crippen LogP contribution in [0.3, 0.4) is 0 Å². The highest BCUT2D eigenvalue weighted by atomic mass is 31.2. The summed E-state index contributed by atoms with van der Waals surface area (Å²) in [6.07, 6.45) is 9.11. The largest absolute Gasteiger partial charge is 0.325 e. The van der Waals surface area contributed by atoms with Crippen molar-refractivity contribution in [3.8, 4) is 12.3 Å². The van der Waals surface area contributed by atoms with Gasteiger partial charge in [0.15, 0.2) is 0 Å². The van der Waals surface area contributed by atoms with Gasteiger partial charge >= 0.3 is 7.60 Å². The lowest BCUT2D eigenvalue weighted by molar-refractivity contribution is 0.375. The van der Waals surface area contributed by atoms with Crippen LogP contribution in [0.4, 0.5) is 0 Å². The molecule has 0 radical (unpaired) electrons. The summed E-state index contributed by atoms with van der Waals surface area (Å²) in [5.41, 5.74) is -0.0608. The molecule has 0 fully saturated rings. The molecular weight excluding hydrogens is 199 g/mol.